The Morgan fingerprint density at radius 2 is 1.89 bits per heavy atom. The summed E-state index contributed by atoms with van der Waals surface area (Å²) in [6, 6.07) is 1.37. The number of amides is 1. The van der Waals surface area contributed by atoms with Crippen LogP contribution in [0.15, 0.2) is 0 Å². The van der Waals surface area contributed by atoms with E-state index < -0.39 is 0 Å². The Labute approximate surface area is 117 Å². The fourth-order valence-corrected chi connectivity index (χ4v) is 3.42. The summed E-state index contributed by atoms with van der Waals surface area (Å²) in [4.78, 5) is 14.6. The van der Waals surface area contributed by atoms with Gasteiger partial charge in [0.15, 0.2) is 0 Å². The first kappa shape index (κ1) is 14.8. The molecular formula is C15H29N3O. The molecule has 4 heteroatoms. The molecule has 2 fully saturated rings. The molecule has 0 aromatic carbocycles. The fourth-order valence-electron chi connectivity index (χ4n) is 3.42. The van der Waals surface area contributed by atoms with Gasteiger partial charge in [0, 0.05) is 25.2 Å². The van der Waals surface area contributed by atoms with E-state index in [0.29, 0.717) is 12.1 Å². The second-order valence-electron chi connectivity index (χ2n) is 6.16. The van der Waals surface area contributed by atoms with Crippen LogP contribution < -0.4 is 10.6 Å². The Kier molecular flexibility index (Phi) is 5.64. The third-order valence-corrected chi connectivity index (χ3v) is 4.67. The average molecular weight is 267 g/mol. The topological polar surface area (TPSA) is 44.4 Å². The van der Waals surface area contributed by atoms with Gasteiger partial charge in [-0.05, 0) is 46.1 Å². The molecule has 2 rings (SSSR count). The second-order valence-corrected chi connectivity index (χ2v) is 6.16. The minimum Gasteiger partial charge on any atom is -0.353 e. The van der Waals surface area contributed by atoms with Crippen molar-refractivity contribution in [3.8, 4) is 0 Å². The standard InChI is InChI=1S/C15H29N3O/c1-12-6-5-7-13(2)18(12)11-10-17-15(19)14-8-3-4-9-16-14/h12-14,16H,3-11H2,1-2H3,(H,17,19)/t12-,13+,14?. The van der Waals surface area contributed by atoms with Gasteiger partial charge in [0.25, 0.3) is 0 Å². The Morgan fingerprint density at radius 1 is 1.16 bits per heavy atom. The number of carbonyl (C=O) groups is 1. The highest BCUT2D eigenvalue weighted by Crippen LogP contribution is 2.21. The molecule has 19 heavy (non-hydrogen) atoms. The summed E-state index contributed by atoms with van der Waals surface area (Å²) in [5, 5.41) is 6.40. The van der Waals surface area contributed by atoms with Crippen molar-refractivity contribution in [2.75, 3.05) is 19.6 Å². The second kappa shape index (κ2) is 7.25. The number of hydrogen-bond acceptors (Lipinski definition) is 3. The average Bonchev–Trinajstić information content (AvgIpc) is 2.43. The van der Waals surface area contributed by atoms with Crippen molar-refractivity contribution in [2.24, 2.45) is 0 Å². The van der Waals surface area contributed by atoms with Gasteiger partial charge in [0.2, 0.25) is 5.91 Å². The van der Waals surface area contributed by atoms with E-state index in [1.54, 1.807) is 0 Å². The van der Waals surface area contributed by atoms with Gasteiger partial charge in [-0.2, -0.15) is 0 Å². The molecule has 2 aliphatic heterocycles. The van der Waals surface area contributed by atoms with E-state index >= 15 is 0 Å². The van der Waals surface area contributed by atoms with Crippen LogP contribution in [0.4, 0.5) is 0 Å². The molecule has 1 amide bonds. The first-order valence-corrected chi connectivity index (χ1v) is 7.95. The molecule has 1 unspecified atom stereocenters. The van der Waals surface area contributed by atoms with Crippen LogP contribution in [-0.2, 0) is 4.79 Å². The zero-order valence-electron chi connectivity index (χ0n) is 12.5. The Balaban J connectivity index is 1.68. The Bertz CT molecular complexity index is 279. The molecule has 4 nitrogen and oxygen atoms in total. The van der Waals surface area contributed by atoms with E-state index in [-0.39, 0.29) is 11.9 Å². The lowest BCUT2D eigenvalue weighted by atomic mass is 9.97. The highest BCUT2D eigenvalue weighted by atomic mass is 16.2. The van der Waals surface area contributed by atoms with Crippen molar-refractivity contribution in [1.29, 1.82) is 0 Å². The van der Waals surface area contributed by atoms with Crippen molar-refractivity contribution >= 4 is 5.91 Å². The maximum atomic E-state index is 12.0. The molecule has 2 heterocycles. The number of rotatable bonds is 4. The molecule has 3 atom stereocenters. The summed E-state index contributed by atoms with van der Waals surface area (Å²) in [5.74, 6) is 0.192. The minimum absolute atomic E-state index is 0.0463. The molecule has 0 saturated carbocycles. The van der Waals surface area contributed by atoms with Crippen molar-refractivity contribution in [3.05, 3.63) is 0 Å². The smallest absolute Gasteiger partial charge is 0.237 e. The van der Waals surface area contributed by atoms with Crippen LogP contribution >= 0.6 is 0 Å². The lowest BCUT2D eigenvalue weighted by Gasteiger charge is -2.39. The maximum absolute atomic E-state index is 12.0. The van der Waals surface area contributed by atoms with Gasteiger partial charge in [-0.3, -0.25) is 9.69 Å². The number of nitrogens with zero attached hydrogens (tertiary/aromatic N) is 1. The maximum Gasteiger partial charge on any atom is 0.237 e. The van der Waals surface area contributed by atoms with Crippen LogP contribution in [-0.4, -0.2) is 48.6 Å². The summed E-state index contributed by atoms with van der Waals surface area (Å²) in [6.07, 6.45) is 7.29. The molecule has 2 N–H and O–H groups in total. The van der Waals surface area contributed by atoms with Crippen LogP contribution in [0, 0.1) is 0 Å². The van der Waals surface area contributed by atoms with Crippen molar-refractivity contribution < 1.29 is 4.79 Å². The number of carbonyl (C=O) groups excluding carboxylic acids is 1. The van der Waals surface area contributed by atoms with Gasteiger partial charge < -0.3 is 10.6 Å². The van der Waals surface area contributed by atoms with Crippen molar-refractivity contribution in [3.63, 3.8) is 0 Å². The predicted octanol–water partition coefficient (Wildman–Crippen LogP) is 1.51. The minimum atomic E-state index is 0.0463. The number of likely N-dealkylation sites (tertiary alicyclic amines) is 1. The normalized spacial score (nSPS) is 33.1. The van der Waals surface area contributed by atoms with E-state index in [0.717, 1.165) is 26.1 Å². The van der Waals surface area contributed by atoms with Crippen LogP contribution in [0.25, 0.3) is 0 Å². The molecule has 0 aliphatic carbocycles. The number of hydrogen-bond donors (Lipinski definition) is 2. The molecule has 110 valence electrons. The zero-order chi connectivity index (χ0) is 13.7. The van der Waals surface area contributed by atoms with Crippen LogP contribution in [0.3, 0.4) is 0 Å². The predicted molar refractivity (Wildman–Crippen MR) is 78.1 cm³/mol. The highest BCUT2D eigenvalue weighted by Gasteiger charge is 2.25. The van der Waals surface area contributed by atoms with Gasteiger partial charge in [0.05, 0.1) is 6.04 Å². The summed E-state index contributed by atoms with van der Waals surface area (Å²) >= 11 is 0. The lowest BCUT2D eigenvalue weighted by Crippen LogP contribution is -2.50. The van der Waals surface area contributed by atoms with E-state index in [1.165, 1.54) is 32.1 Å². The van der Waals surface area contributed by atoms with E-state index in [4.69, 9.17) is 0 Å². The van der Waals surface area contributed by atoms with Gasteiger partial charge in [-0.25, -0.2) is 0 Å². The third kappa shape index (κ3) is 4.18. The first-order chi connectivity index (χ1) is 9.18. The summed E-state index contributed by atoms with van der Waals surface area (Å²) in [7, 11) is 0. The van der Waals surface area contributed by atoms with Crippen molar-refractivity contribution in [2.45, 2.75) is 70.5 Å². The lowest BCUT2D eigenvalue weighted by molar-refractivity contribution is -0.123. The monoisotopic (exact) mass is 267 g/mol. The molecule has 0 bridgehead atoms. The highest BCUT2D eigenvalue weighted by molar-refractivity contribution is 5.81. The molecule has 0 radical (unpaired) electrons. The third-order valence-electron chi connectivity index (χ3n) is 4.67. The molecule has 2 saturated heterocycles. The largest absolute Gasteiger partial charge is 0.353 e. The SMILES string of the molecule is C[C@@H]1CCC[C@H](C)N1CCNC(=O)C1CCCCN1. The molecule has 0 spiro atoms. The van der Waals surface area contributed by atoms with E-state index in [1.807, 2.05) is 0 Å². The van der Waals surface area contributed by atoms with E-state index in [9.17, 15) is 4.79 Å². The van der Waals surface area contributed by atoms with Crippen molar-refractivity contribution in [1.82, 2.24) is 15.5 Å². The summed E-state index contributed by atoms with van der Waals surface area (Å²) in [5.41, 5.74) is 0. The first-order valence-electron chi connectivity index (χ1n) is 7.95. The van der Waals surface area contributed by atoms with Gasteiger partial charge in [-0.15, -0.1) is 0 Å². The Hall–Kier alpha value is -0.610. The van der Waals surface area contributed by atoms with Crippen LogP contribution in [0.2, 0.25) is 0 Å². The summed E-state index contributed by atoms with van der Waals surface area (Å²) < 4.78 is 0. The van der Waals surface area contributed by atoms with Crippen LogP contribution in [0.1, 0.15) is 52.4 Å². The molecular weight excluding hydrogens is 238 g/mol. The van der Waals surface area contributed by atoms with E-state index in [2.05, 4.69) is 29.4 Å². The van der Waals surface area contributed by atoms with Gasteiger partial charge in [-0.1, -0.05) is 12.8 Å². The number of nitrogens with one attached hydrogen (secondary N) is 2. The fraction of sp³-hybridized carbons (Fsp3) is 0.933. The molecule has 0 aromatic rings. The summed E-state index contributed by atoms with van der Waals surface area (Å²) in [6.45, 7) is 7.37. The molecule has 0 aromatic heterocycles. The quantitative estimate of drug-likeness (QED) is 0.811. The Morgan fingerprint density at radius 3 is 2.53 bits per heavy atom. The molecule has 2 aliphatic rings. The van der Waals surface area contributed by atoms with Crippen LogP contribution in [0.5, 0.6) is 0 Å². The number of piperidine rings is 2. The zero-order valence-corrected chi connectivity index (χ0v) is 12.5. The van der Waals surface area contributed by atoms with Gasteiger partial charge in [0.1, 0.15) is 0 Å². The van der Waals surface area contributed by atoms with Gasteiger partial charge >= 0.3 is 0 Å².